The Labute approximate surface area is 204 Å². The fourth-order valence-electron chi connectivity index (χ4n) is 4.44. The number of hydrogen-bond donors (Lipinski definition) is 0. The average molecular weight is 473 g/mol. The Morgan fingerprint density at radius 1 is 1.00 bits per heavy atom. The van der Waals surface area contributed by atoms with E-state index in [0.29, 0.717) is 30.2 Å². The molecular weight excluding hydrogens is 444 g/mol. The smallest absolute Gasteiger partial charge is 0.338 e. The normalized spacial score (nSPS) is 19.2. The van der Waals surface area contributed by atoms with Crippen molar-refractivity contribution in [1.82, 2.24) is 9.38 Å². The molecule has 35 heavy (non-hydrogen) atoms. The number of hydrogen-bond acceptors (Lipinski definition) is 6. The highest BCUT2D eigenvalue weighted by Gasteiger charge is 2.44. The van der Waals surface area contributed by atoms with Crippen molar-refractivity contribution in [3.63, 3.8) is 0 Å². The van der Waals surface area contributed by atoms with Gasteiger partial charge in [0.25, 0.3) is 0 Å². The van der Waals surface area contributed by atoms with E-state index < -0.39 is 24.3 Å². The second-order valence-electron chi connectivity index (χ2n) is 8.55. The maximum Gasteiger partial charge on any atom is 0.338 e. The fraction of sp³-hybridized carbons (Fsp3) is 0.286. The van der Waals surface area contributed by atoms with Gasteiger partial charge in [-0.05, 0) is 37.6 Å². The molecule has 3 heterocycles. The first-order valence-corrected chi connectivity index (χ1v) is 11.6. The first-order chi connectivity index (χ1) is 17.1. The molecule has 0 spiro atoms. The zero-order chi connectivity index (χ0) is 24.4. The fourth-order valence-corrected chi connectivity index (χ4v) is 4.44. The summed E-state index contributed by atoms with van der Waals surface area (Å²) in [5, 5.41) is 0. The summed E-state index contributed by atoms with van der Waals surface area (Å²) in [5.41, 5.74) is 4.82. The molecule has 0 aliphatic carbocycles. The van der Waals surface area contributed by atoms with Crippen LogP contribution in [0.4, 0.5) is 0 Å². The molecule has 7 nitrogen and oxygen atoms in total. The van der Waals surface area contributed by atoms with Crippen molar-refractivity contribution in [2.75, 3.05) is 20.3 Å². The monoisotopic (exact) mass is 472 g/mol. The van der Waals surface area contributed by atoms with Crippen molar-refractivity contribution in [2.45, 2.75) is 32.2 Å². The van der Waals surface area contributed by atoms with E-state index in [1.807, 2.05) is 79.0 Å². The molecule has 0 bridgehead atoms. The van der Waals surface area contributed by atoms with Crippen molar-refractivity contribution < 1.29 is 23.7 Å². The average Bonchev–Trinajstić information content (AvgIpc) is 3.19. The molecule has 1 aliphatic heterocycles. The molecule has 0 fully saturated rings. The Balaban J connectivity index is 1.63. The molecule has 3 atom stereocenters. The molecule has 0 saturated carbocycles. The second kappa shape index (κ2) is 9.90. The number of imidazole rings is 1. The molecule has 0 N–H and O–H groups in total. The summed E-state index contributed by atoms with van der Waals surface area (Å²) in [6, 6.07) is 20.7. The second-order valence-corrected chi connectivity index (χ2v) is 8.55. The van der Waals surface area contributed by atoms with Crippen LogP contribution in [0, 0.1) is 13.8 Å². The van der Waals surface area contributed by atoms with Crippen LogP contribution in [-0.2, 0) is 14.2 Å². The number of aromatic nitrogens is 2. The number of esters is 1. The van der Waals surface area contributed by atoms with Gasteiger partial charge in [-0.25, -0.2) is 9.78 Å². The van der Waals surface area contributed by atoms with Crippen molar-refractivity contribution in [3.8, 4) is 5.75 Å². The predicted octanol–water partition coefficient (Wildman–Crippen LogP) is 5.01. The quantitative estimate of drug-likeness (QED) is 0.278. The zero-order valence-corrected chi connectivity index (χ0v) is 20.0. The maximum atomic E-state index is 13.2. The lowest BCUT2D eigenvalue weighted by molar-refractivity contribution is -0.115. The minimum atomic E-state index is -0.728. The molecular formula is C28H28N2O5. The number of methoxy groups -OCH3 is 1. The third kappa shape index (κ3) is 4.40. The van der Waals surface area contributed by atoms with Crippen LogP contribution in [0.15, 0.2) is 72.9 Å². The topological polar surface area (TPSA) is 71.3 Å². The number of aryl methyl sites for hydroxylation is 2. The van der Waals surface area contributed by atoms with Crippen molar-refractivity contribution in [3.05, 3.63) is 101 Å². The number of fused-ring (bicyclic) bond motifs is 3. The van der Waals surface area contributed by atoms with Crippen LogP contribution in [0.1, 0.15) is 45.1 Å². The molecule has 0 amide bonds. The molecule has 2 aromatic heterocycles. The molecule has 0 saturated heterocycles. The Bertz CT molecular complexity index is 1320. The van der Waals surface area contributed by atoms with E-state index in [-0.39, 0.29) is 0 Å². The number of ether oxygens (including phenoxy) is 4. The Morgan fingerprint density at radius 2 is 1.71 bits per heavy atom. The van der Waals surface area contributed by atoms with Gasteiger partial charge in [0.2, 0.25) is 0 Å². The van der Waals surface area contributed by atoms with Crippen LogP contribution in [0.25, 0.3) is 5.65 Å². The first kappa shape index (κ1) is 23.1. The number of nitrogens with zero attached hydrogens (tertiary/aromatic N) is 2. The maximum absolute atomic E-state index is 13.2. The lowest BCUT2D eigenvalue weighted by atomic mass is 9.92. The largest absolute Gasteiger partial charge is 0.477 e. The molecule has 1 aliphatic rings. The highest BCUT2D eigenvalue weighted by atomic mass is 16.6. The van der Waals surface area contributed by atoms with Gasteiger partial charge in [-0.3, -0.25) is 0 Å². The van der Waals surface area contributed by atoms with E-state index in [1.54, 1.807) is 19.2 Å². The van der Waals surface area contributed by atoms with Crippen LogP contribution in [0.5, 0.6) is 5.75 Å². The molecule has 5 rings (SSSR count). The summed E-state index contributed by atoms with van der Waals surface area (Å²) >= 11 is 0. The lowest BCUT2D eigenvalue weighted by Gasteiger charge is -2.39. The third-order valence-electron chi connectivity index (χ3n) is 6.37. The number of pyridine rings is 1. The Kier molecular flexibility index (Phi) is 6.53. The summed E-state index contributed by atoms with van der Waals surface area (Å²) in [6.45, 7) is 4.74. The van der Waals surface area contributed by atoms with E-state index >= 15 is 0 Å². The van der Waals surface area contributed by atoms with E-state index in [4.69, 9.17) is 23.9 Å². The minimum absolute atomic E-state index is 0.333. The van der Waals surface area contributed by atoms with Gasteiger partial charge in [0.1, 0.15) is 6.10 Å². The first-order valence-electron chi connectivity index (χ1n) is 11.6. The molecule has 2 aromatic carbocycles. The Hall–Kier alpha value is -3.68. The molecule has 4 aromatic rings. The van der Waals surface area contributed by atoms with Crippen molar-refractivity contribution >= 4 is 11.6 Å². The molecule has 7 heteroatoms. The Morgan fingerprint density at radius 3 is 2.43 bits per heavy atom. The number of rotatable bonds is 7. The summed E-state index contributed by atoms with van der Waals surface area (Å²) in [4.78, 5) is 17.9. The van der Waals surface area contributed by atoms with Crippen molar-refractivity contribution in [1.29, 1.82) is 0 Å². The van der Waals surface area contributed by atoms with Gasteiger partial charge < -0.3 is 23.3 Å². The number of benzene rings is 2. The molecule has 0 unspecified atom stereocenters. The summed E-state index contributed by atoms with van der Waals surface area (Å²) in [6.07, 6.45) is 0.0638. The highest BCUT2D eigenvalue weighted by Crippen LogP contribution is 2.46. The van der Waals surface area contributed by atoms with Crippen LogP contribution >= 0.6 is 0 Å². The highest BCUT2D eigenvalue weighted by molar-refractivity contribution is 5.89. The van der Waals surface area contributed by atoms with Crippen LogP contribution in [0.3, 0.4) is 0 Å². The van der Waals surface area contributed by atoms with Gasteiger partial charge in [-0.15, -0.1) is 0 Å². The van der Waals surface area contributed by atoms with Gasteiger partial charge in [-0.1, -0.05) is 48.5 Å². The summed E-state index contributed by atoms with van der Waals surface area (Å²) in [5.74, 6) is 0.199. The number of carbonyl (C=O) groups excluding carboxylic acids is 1. The van der Waals surface area contributed by atoms with Gasteiger partial charge >= 0.3 is 5.97 Å². The number of carbonyl (C=O) groups is 1. The van der Waals surface area contributed by atoms with E-state index in [1.165, 1.54) is 0 Å². The molecule has 0 radical (unpaired) electrons. The summed E-state index contributed by atoms with van der Waals surface area (Å²) < 4.78 is 26.3. The van der Waals surface area contributed by atoms with Gasteiger partial charge in [0.05, 0.1) is 24.5 Å². The van der Waals surface area contributed by atoms with E-state index in [9.17, 15) is 4.79 Å². The lowest BCUT2D eigenvalue weighted by Crippen LogP contribution is -2.40. The van der Waals surface area contributed by atoms with Gasteiger partial charge in [0, 0.05) is 24.6 Å². The van der Waals surface area contributed by atoms with Crippen LogP contribution in [0.2, 0.25) is 0 Å². The van der Waals surface area contributed by atoms with Crippen LogP contribution in [-0.4, -0.2) is 41.8 Å². The van der Waals surface area contributed by atoms with E-state index in [2.05, 4.69) is 0 Å². The van der Waals surface area contributed by atoms with E-state index in [0.717, 1.165) is 22.5 Å². The standard InChI is InChI=1S/C28H28N2O5/c1-18-19(2)30-15-14-22-24(33-17-16-32-3)26(35-28(31)21-12-8-5-9-13-21)23(20-10-6-4-7-11-20)34-25(22)27(30)29-18/h4-15,23-24,26H,16-17H2,1-3H3/t23-,24-,26-/m1/s1. The molecule has 180 valence electrons. The SMILES string of the molecule is COCCO[C@@H]1c2ccn3c(C)c(C)nc3c2O[C@H](c2ccccc2)[C@H]1OC(=O)c1ccccc1. The predicted molar refractivity (Wildman–Crippen MR) is 131 cm³/mol. The summed E-state index contributed by atoms with van der Waals surface area (Å²) in [7, 11) is 1.63. The van der Waals surface area contributed by atoms with Crippen LogP contribution < -0.4 is 4.74 Å². The van der Waals surface area contributed by atoms with Crippen molar-refractivity contribution in [2.24, 2.45) is 0 Å². The van der Waals surface area contributed by atoms with Gasteiger partial charge in [-0.2, -0.15) is 0 Å². The zero-order valence-electron chi connectivity index (χ0n) is 20.0. The van der Waals surface area contributed by atoms with Gasteiger partial charge in [0.15, 0.2) is 23.6 Å². The third-order valence-corrected chi connectivity index (χ3v) is 6.37. The minimum Gasteiger partial charge on any atom is -0.477 e.